The Morgan fingerprint density at radius 1 is 1.26 bits per heavy atom. The number of hydrogen-bond acceptors (Lipinski definition) is 8. The summed E-state index contributed by atoms with van der Waals surface area (Å²) in [6.07, 6.45) is 0. The summed E-state index contributed by atoms with van der Waals surface area (Å²) < 4.78 is 11.8. The molecule has 3 aromatic rings. The molecular weight excluding hydrogens is 368 g/mol. The van der Waals surface area contributed by atoms with Crippen LogP contribution in [0.1, 0.15) is 11.1 Å². The minimum Gasteiger partial charge on any atom is -0.461 e. The van der Waals surface area contributed by atoms with Crippen molar-refractivity contribution in [2.75, 3.05) is 26.1 Å². The van der Waals surface area contributed by atoms with Gasteiger partial charge in [-0.3, -0.25) is 4.57 Å². The molecule has 0 saturated carbocycles. The monoisotopic (exact) mass is 386 g/mol. The van der Waals surface area contributed by atoms with Crippen LogP contribution >= 0.6 is 12.2 Å². The Balaban J connectivity index is 1.90. The number of isothiocyanates is 1. The maximum Gasteiger partial charge on any atom is 0.328 e. The number of methoxy groups -OCH3 is 1. The van der Waals surface area contributed by atoms with Gasteiger partial charge in [0.15, 0.2) is 11.5 Å². The first kappa shape index (κ1) is 18.7. The fourth-order valence-electron chi connectivity index (χ4n) is 2.51. The van der Waals surface area contributed by atoms with E-state index in [9.17, 15) is 4.79 Å². The molecule has 0 fully saturated rings. The topological polar surface area (TPSA) is 120 Å². The number of ether oxygens (including phenoxy) is 2. The third-order valence-corrected chi connectivity index (χ3v) is 3.97. The summed E-state index contributed by atoms with van der Waals surface area (Å²) in [5.74, 6) is 0.150. The van der Waals surface area contributed by atoms with Gasteiger partial charge in [0.25, 0.3) is 0 Å². The molecule has 2 aromatic heterocycles. The maximum atomic E-state index is 12.4. The lowest BCUT2D eigenvalue weighted by atomic mass is 10.1. The molecule has 0 aliphatic heterocycles. The van der Waals surface area contributed by atoms with Gasteiger partial charge in [0.2, 0.25) is 0 Å². The Morgan fingerprint density at radius 3 is 2.70 bits per heavy atom. The Hall–Kier alpha value is -3.07. The molecular formula is C17H18N6O3S. The van der Waals surface area contributed by atoms with Gasteiger partial charge in [-0.2, -0.15) is 9.97 Å². The van der Waals surface area contributed by atoms with E-state index in [1.54, 1.807) is 7.11 Å². The zero-order valence-electron chi connectivity index (χ0n) is 14.6. The standard InChI is InChI=1S/C17H18N6O3S/c1-25-6-7-26-16-21-14(18)13-15(22-16)23(17(24)20-13)9-12-4-2-11(3-5-12)8-19-10-27/h2-5H,6-9H2,1H3,(H,20,24)(H2,18,21,22). The van der Waals surface area contributed by atoms with Crippen molar-refractivity contribution in [2.24, 2.45) is 4.99 Å². The van der Waals surface area contributed by atoms with Gasteiger partial charge < -0.3 is 20.2 Å². The van der Waals surface area contributed by atoms with Crippen LogP contribution in [-0.2, 0) is 17.8 Å². The molecule has 3 N–H and O–H groups in total. The van der Waals surface area contributed by atoms with Gasteiger partial charge in [-0.15, -0.1) is 0 Å². The predicted octanol–water partition coefficient (Wildman–Crippen LogP) is 1.38. The van der Waals surface area contributed by atoms with Crippen LogP contribution in [0.4, 0.5) is 5.82 Å². The Kier molecular flexibility index (Phi) is 5.92. The van der Waals surface area contributed by atoms with Crippen molar-refractivity contribution in [3.63, 3.8) is 0 Å². The first-order valence-electron chi connectivity index (χ1n) is 8.11. The minimum atomic E-state index is -0.325. The van der Waals surface area contributed by atoms with Crippen LogP contribution in [0.25, 0.3) is 11.2 Å². The normalized spacial score (nSPS) is 10.7. The number of hydrogen-bond donors (Lipinski definition) is 2. The van der Waals surface area contributed by atoms with Gasteiger partial charge in [-0.1, -0.05) is 24.3 Å². The molecule has 1 aromatic carbocycles. The largest absolute Gasteiger partial charge is 0.461 e. The second kappa shape index (κ2) is 8.54. The molecule has 0 spiro atoms. The van der Waals surface area contributed by atoms with E-state index < -0.39 is 0 Å². The molecule has 3 rings (SSSR count). The second-order valence-corrected chi connectivity index (χ2v) is 5.85. The fourth-order valence-corrected chi connectivity index (χ4v) is 2.58. The number of fused-ring (bicyclic) bond motifs is 1. The third kappa shape index (κ3) is 4.37. The highest BCUT2D eigenvalue weighted by Crippen LogP contribution is 2.18. The van der Waals surface area contributed by atoms with E-state index in [1.807, 2.05) is 24.3 Å². The third-order valence-electron chi connectivity index (χ3n) is 3.84. The van der Waals surface area contributed by atoms with E-state index in [1.165, 1.54) is 4.57 Å². The smallest absolute Gasteiger partial charge is 0.328 e. The van der Waals surface area contributed by atoms with Gasteiger partial charge in [-0.25, -0.2) is 9.79 Å². The minimum absolute atomic E-state index is 0.0955. The molecule has 0 unspecified atom stereocenters. The Morgan fingerprint density at radius 2 is 2.00 bits per heavy atom. The van der Waals surface area contributed by atoms with E-state index in [4.69, 9.17) is 15.2 Å². The van der Waals surface area contributed by atoms with Crippen molar-refractivity contribution in [1.29, 1.82) is 0 Å². The lowest BCUT2D eigenvalue weighted by Gasteiger charge is -2.07. The van der Waals surface area contributed by atoms with Crippen molar-refractivity contribution in [3.05, 3.63) is 45.9 Å². The molecule has 0 radical (unpaired) electrons. The molecule has 2 heterocycles. The van der Waals surface area contributed by atoms with E-state index in [0.717, 1.165) is 11.1 Å². The molecule has 0 atom stereocenters. The van der Waals surface area contributed by atoms with Crippen LogP contribution in [-0.4, -0.2) is 45.0 Å². The van der Waals surface area contributed by atoms with Crippen molar-refractivity contribution in [1.82, 2.24) is 19.5 Å². The molecule has 0 aliphatic rings. The van der Waals surface area contributed by atoms with E-state index in [0.29, 0.717) is 30.9 Å². The van der Waals surface area contributed by atoms with Crippen LogP contribution < -0.4 is 16.2 Å². The van der Waals surface area contributed by atoms with Crippen molar-refractivity contribution < 1.29 is 9.47 Å². The second-order valence-electron chi connectivity index (χ2n) is 5.67. The van der Waals surface area contributed by atoms with Gasteiger partial charge in [0.05, 0.1) is 24.9 Å². The van der Waals surface area contributed by atoms with Gasteiger partial charge in [-0.05, 0) is 23.3 Å². The number of H-pyrrole nitrogens is 1. The average Bonchev–Trinajstić information content (AvgIpc) is 2.98. The molecule has 0 amide bonds. The Bertz CT molecular complexity index is 1040. The van der Waals surface area contributed by atoms with Gasteiger partial charge in [0, 0.05) is 7.11 Å². The molecule has 0 aliphatic carbocycles. The van der Waals surface area contributed by atoms with Gasteiger partial charge in [0.1, 0.15) is 12.1 Å². The molecule has 10 heteroatoms. The summed E-state index contributed by atoms with van der Waals surface area (Å²) in [6.45, 7) is 1.47. The molecule has 0 saturated heterocycles. The SMILES string of the molecule is COCCOc1nc(N)c2[nH]c(=O)n(Cc3ccc(CN=C=S)cc3)c2n1. The first-order valence-corrected chi connectivity index (χ1v) is 8.52. The van der Waals surface area contributed by atoms with Crippen molar-refractivity contribution in [3.8, 4) is 6.01 Å². The average molecular weight is 386 g/mol. The zero-order valence-corrected chi connectivity index (χ0v) is 15.5. The van der Waals surface area contributed by atoms with Crippen LogP contribution in [0.2, 0.25) is 0 Å². The number of nitrogens with zero attached hydrogens (tertiary/aromatic N) is 4. The zero-order chi connectivity index (χ0) is 19.2. The van der Waals surface area contributed by atoms with Crippen molar-refractivity contribution in [2.45, 2.75) is 13.1 Å². The summed E-state index contributed by atoms with van der Waals surface area (Å²) in [5.41, 5.74) is 8.30. The van der Waals surface area contributed by atoms with Crippen LogP contribution in [0, 0.1) is 0 Å². The van der Waals surface area contributed by atoms with Crippen LogP contribution in [0.5, 0.6) is 6.01 Å². The number of thiocarbonyl (C=S) groups is 1. The fraction of sp³-hybridized carbons (Fsp3) is 0.294. The van der Waals surface area contributed by atoms with Crippen LogP contribution in [0.3, 0.4) is 0 Å². The van der Waals surface area contributed by atoms with E-state index in [-0.39, 0.29) is 24.1 Å². The number of aromatic nitrogens is 4. The summed E-state index contributed by atoms with van der Waals surface area (Å²) in [5, 5.41) is 2.34. The number of rotatable bonds is 8. The quantitative estimate of drug-likeness (QED) is 0.341. The molecule has 140 valence electrons. The summed E-state index contributed by atoms with van der Waals surface area (Å²) >= 11 is 4.57. The number of nitrogen functional groups attached to an aromatic ring is 1. The van der Waals surface area contributed by atoms with Crippen LogP contribution in [0.15, 0.2) is 34.1 Å². The first-order chi connectivity index (χ1) is 13.1. The lowest BCUT2D eigenvalue weighted by molar-refractivity contribution is 0.141. The highest BCUT2D eigenvalue weighted by Gasteiger charge is 2.15. The lowest BCUT2D eigenvalue weighted by Crippen LogP contribution is -2.18. The number of nitrogens with one attached hydrogen (secondary N) is 1. The molecule has 9 nitrogen and oxygen atoms in total. The van der Waals surface area contributed by atoms with Gasteiger partial charge >= 0.3 is 11.7 Å². The van der Waals surface area contributed by atoms with E-state index >= 15 is 0 Å². The predicted molar refractivity (Wildman–Crippen MR) is 104 cm³/mol. The number of nitrogens with two attached hydrogens (primary N) is 1. The maximum absolute atomic E-state index is 12.4. The number of aliphatic imine (C=N–C) groups is 1. The number of benzene rings is 1. The summed E-state index contributed by atoms with van der Waals surface area (Å²) in [7, 11) is 1.57. The highest BCUT2D eigenvalue weighted by molar-refractivity contribution is 7.78. The van der Waals surface area contributed by atoms with Crippen molar-refractivity contribution >= 4 is 34.4 Å². The Labute approximate surface area is 159 Å². The summed E-state index contributed by atoms with van der Waals surface area (Å²) in [6, 6.07) is 7.78. The molecule has 27 heavy (non-hydrogen) atoms. The van der Waals surface area contributed by atoms with E-state index in [2.05, 4.69) is 37.3 Å². The number of anilines is 1. The number of imidazole rings is 1. The molecule has 0 bridgehead atoms. The highest BCUT2D eigenvalue weighted by atomic mass is 32.1. The number of aromatic amines is 1. The summed E-state index contributed by atoms with van der Waals surface area (Å²) in [4.78, 5) is 27.3.